The van der Waals surface area contributed by atoms with Gasteiger partial charge >= 0.3 is 6.09 Å². The molecule has 0 aliphatic heterocycles. The SMILES string of the molecule is Cc1cc2c(C#C[Si](C)(C)C)cccc2n1C(=O)OC(C)(C)C. The predicted octanol–water partition coefficient (Wildman–Crippen LogP) is 4.96. The molecule has 0 aliphatic carbocycles. The molecule has 1 aromatic carbocycles. The van der Waals surface area contributed by atoms with Gasteiger partial charge in [0, 0.05) is 16.6 Å². The number of carbonyl (C=O) groups is 1. The van der Waals surface area contributed by atoms with Crippen LogP contribution >= 0.6 is 0 Å². The average Bonchev–Trinajstić information content (AvgIpc) is 2.69. The number of benzene rings is 1. The van der Waals surface area contributed by atoms with Gasteiger partial charge in [-0.05, 0) is 45.9 Å². The van der Waals surface area contributed by atoms with Gasteiger partial charge in [-0.3, -0.25) is 0 Å². The number of hydrogen-bond acceptors (Lipinski definition) is 2. The Morgan fingerprint density at radius 1 is 1.22 bits per heavy atom. The van der Waals surface area contributed by atoms with Gasteiger partial charge in [0.05, 0.1) is 5.52 Å². The quantitative estimate of drug-likeness (QED) is 0.506. The molecule has 1 aromatic heterocycles. The van der Waals surface area contributed by atoms with Crippen LogP contribution in [-0.4, -0.2) is 24.3 Å². The van der Waals surface area contributed by atoms with Crippen LogP contribution in [0.2, 0.25) is 19.6 Å². The van der Waals surface area contributed by atoms with Gasteiger partial charge in [0.25, 0.3) is 0 Å². The van der Waals surface area contributed by atoms with Gasteiger partial charge in [-0.1, -0.05) is 31.6 Å². The minimum Gasteiger partial charge on any atom is -0.443 e. The predicted molar refractivity (Wildman–Crippen MR) is 98.5 cm³/mol. The lowest BCUT2D eigenvalue weighted by Crippen LogP contribution is -2.27. The average molecular weight is 328 g/mol. The summed E-state index contributed by atoms with van der Waals surface area (Å²) in [6.07, 6.45) is -0.347. The first-order valence-corrected chi connectivity index (χ1v) is 11.4. The van der Waals surface area contributed by atoms with Crippen molar-refractivity contribution in [2.75, 3.05) is 0 Å². The summed E-state index contributed by atoms with van der Waals surface area (Å²) in [6, 6.07) is 7.89. The molecule has 2 rings (SSSR count). The van der Waals surface area contributed by atoms with E-state index in [1.807, 2.05) is 52.0 Å². The van der Waals surface area contributed by atoms with Crippen LogP contribution in [-0.2, 0) is 4.74 Å². The number of aryl methyl sites for hydroxylation is 1. The zero-order valence-electron chi connectivity index (χ0n) is 15.1. The van der Waals surface area contributed by atoms with Gasteiger partial charge in [0.15, 0.2) is 0 Å². The van der Waals surface area contributed by atoms with Crippen LogP contribution in [0, 0.1) is 18.4 Å². The van der Waals surface area contributed by atoms with E-state index in [-0.39, 0.29) is 6.09 Å². The maximum Gasteiger partial charge on any atom is 0.419 e. The molecule has 3 nitrogen and oxygen atoms in total. The molecule has 0 saturated carbocycles. The Bertz CT molecular complexity index is 808. The van der Waals surface area contributed by atoms with Crippen LogP contribution in [0.4, 0.5) is 4.79 Å². The first-order chi connectivity index (χ1) is 10.5. The first kappa shape index (κ1) is 17.4. The summed E-state index contributed by atoms with van der Waals surface area (Å²) >= 11 is 0. The van der Waals surface area contributed by atoms with Gasteiger partial charge in [0.2, 0.25) is 0 Å². The topological polar surface area (TPSA) is 31.2 Å². The minimum atomic E-state index is -1.45. The van der Waals surface area contributed by atoms with Crippen LogP contribution in [0.1, 0.15) is 32.0 Å². The Morgan fingerprint density at radius 2 is 1.87 bits per heavy atom. The maximum atomic E-state index is 12.5. The highest BCUT2D eigenvalue weighted by molar-refractivity contribution is 6.83. The Morgan fingerprint density at radius 3 is 2.43 bits per heavy atom. The molecule has 2 aromatic rings. The molecule has 0 saturated heterocycles. The number of rotatable bonds is 0. The third kappa shape index (κ3) is 4.26. The molecule has 0 radical (unpaired) electrons. The number of ether oxygens (including phenoxy) is 1. The normalized spacial score (nSPS) is 12.0. The van der Waals surface area contributed by atoms with E-state index in [1.54, 1.807) is 4.57 Å². The van der Waals surface area contributed by atoms with Crippen molar-refractivity contribution in [2.24, 2.45) is 0 Å². The fourth-order valence-electron chi connectivity index (χ4n) is 2.28. The molecule has 0 spiro atoms. The molecule has 122 valence electrons. The zero-order valence-corrected chi connectivity index (χ0v) is 16.1. The smallest absolute Gasteiger partial charge is 0.419 e. The van der Waals surface area contributed by atoms with Crippen molar-refractivity contribution in [3.63, 3.8) is 0 Å². The molecule has 0 fully saturated rings. The second kappa shape index (κ2) is 5.90. The van der Waals surface area contributed by atoms with Crippen LogP contribution in [0.25, 0.3) is 10.9 Å². The second-order valence-corrected chi connectivity index (χ2v) is 12.6. The van der Waals surface area contributed by atoms with Gasteiger partial charge in [-0.2, -0.15) is 0 Å². The molecule has 4 heteroatoms. The number of carbonyl (C=O) groups excluding carboxylic acids is 1. The Kier molecular flexibility index (Phi) is 4.45. The summed E-state index contributed by atoms with van der Waals surface area (Å²) in [7, 11) is -1.45. The van der Waals surface area contributed by atoms with Crippen molar-refractivity contribution < 1.29 is 9.53 Å². The van der Waals surface area contributed by atoms with E-state index in [0.717, 1.165) is 22.2 Å². The summed E-state index contributed by atoms with van der Waals surface area (Å²) in [5.74, 6) is 3.30. The van der Waals surface area contributed by atoms with E-state index in [0.29, 0.717) is 0 Å². The molecule has 0 bridgehead atoms. The third-order valence-electron chi connectivity index (χ3n) is 3.18. The fraction of sp³-hybridized carbons (Fsp3) is 0.421. The van der Waals surface area contributed by atoms with Gasteiger partial charge in [0.1, 0.15) is 13.7 Å². The molecule has 1 heterocycles. The molecule has 23 heavy (non-hydrogen) atoms. The molecule has 0 atom stereocenters. The molecular formula is C19H25NO2Si. The van der Waals surface area contributed by atoms with Crippen LogP contribution in [0.5, 0.6) is 0 Å². The van der Waals surface area contributed by atoms with E-state index < -0.39 is 13.7 Å². The number of hydrogen-bond donors (Lipinski definition) is 0. The molecule has 0 aliphatic rings. The Labute approximate surface area is 139 Å². The minimum absolute atomic E-state index is 0.347. The van der Waals surface area contributed by atoms with E-state index >= 15 is 0 Å². The van der Waals surface area contributed by atoms with Gasteiger partial charge < -0.3 is 4.74 Å². The van der Waals surface area contributed by atoms with Crippen molar-refractivity contribution >= 4 is 25.1 Å². The standard InChI is InChI=1S/C19H25NO2Si/c1-14-13-16-15(11-12-23(5,6)7)9-8-10-17(16)20(14)18(21)22-19(2,3)4/h8-10,13H,1-7H3. The highest BCUT2D eigenvalue weighted by atomic mass is 28.3. The van der Waals surface area contributed by atoms with E-state index in [1.165, 1.54) is 0 Å². The molecule has 0 N–H and O–H groups in total. The van der Waals surface area contributed by atoms with Crippen LogP contribution < -0.4 is 0 Å². The highest BCUT2D eigenvalue weighted by Gasteiger charge is 2.21. The lowest BCUT2D eigenvalue weighted by Gasteiger charge is -2.20. The van der Waals surface area contributed by atoms with Crippen LogP contribution in [0.15, 0.2) is 24.3 Å². The third-order valence-corrected chi connectivity index (χ3v) is 4.05. The largest absolute Gasteiger partial charge is 0.443 e. The Balaban J connectivity index is 2.56. The lowest BCUT2D eigenvalue weighted by molar-refractivity contribution is 0.0541. The summed E-state index contributed by atoms with van der Waals surface area (Å²) in [6.45, 7) is 14.2. The number of fused-ring (bicyclic) bond motifs is 1. The monoisotopic (exact) mass is 327 g/mol. The van der Waals surface area contributed by atoms with E-state index in [4.69, 9.17) is 4.74 Å². The van der Waals surface area contributed by atoms with Gasteiger partial charge in [-0.15, -0.1) is 5.54 Å². The van der Waals surface area contributed by atoms with E-state index in [9.17, 15) is 4.79 Å². The van der Waals surface area contributed by atoms with Crippen molar-refractivity contribution in [1.82, 2.24) is 4.57 Å². The van der Waals surface area contributed by atoms with Crippen molar-refractivity contribution in [2.45, 2.75) is 52.9 Å². The Hall–Kier alpha value is -1.99. The van der Waals surface area contributed by atoms with Crippen molar-refractivity contribution in [3.8, 4) is 11.5 Å². The summed E-state index contributed by atoms with van der Waals surface area (Å²) in [4.78, 5) is 12.5. The summed E-state index contributed by atoms with van der Waals surface area (Å²) in [5, 5.41) is 1.00. The van der Waals surface area contributed by atoms with Crippen molar-refractivity contribution in [3.05, 3.63) is 35.5 Å². The summed E-state index contributed by atoms with van der Waals surface area (Å²) in [5.41, 5.74) is 5.54. The highest BCUT2D eigenvalue weighted by Crippen LogP contribution is 2.24. The number of nitrogens with zero attached hydrogens (tertiary/aromatic N) is 1. The van der Waals surface area contributed by atoms with Gasteiger partial charge in [-0.25, -0.2) is 9.36 Å². The van der Waals surface area contributed by atoms with Crippen LogP contribution in [0.3, 0.4) is 0 Å². The van der Waals surface area contributed by atoms with Crippen molar-refractivity contribution in [1.29, 1.82) is 0 Å². The number of aromatic nitrogens is 1. The lowest BCUT2D eigenvalue weighted by atomic mass is 10.1. The molecular weight excluding hydrogens is 302 g/mol. The molecule has 0 amide bonds. The fourth-order valence-corrected chi connectivity index (χ4v) is 2.79. The second-order valence-electron chi connectivity index (χ2n) is 7.84. The first-order valence-electron chi connectivity index (χ1n) is 7.85. The zero-order chi connectivity index (χ0) is 17.4. The van der Waals surface area contributed by atoms with E-state index in [2.05, 4.69) is 31.1 Å². The molecule has 0 unspecified atom stereocenters. The summed E-state index contributed by atoms with van der Waals surface area (Å²) < 4.78 is 7.15. The maximum absolute atomic E-state index is 12.5.